The number of hydrogen-bond acceptors (Lipinski definition) is 3. The van der Waals surface area contributed by atoms with Crippen molar-refractivity contribution in [2.24, 2.45) is 0 Å². The average molecular weight is 376 g/mol. The van der Waals surface area contributed by atoms with Gasteiger partial charge in [0, 0.05) is 5.56 Å². The fourth-order valence-electron chi connectivity index (χ4n) is 3.38. The lowest BCUT2D eigenvalue weighted by Gasteiger charge is -2.11. The van der Waals surface area contributed by atoms with E-state index in [1.54, 1.807) is 18.2 Å². The van der Waals surface area contributed by atoms with Crippen LogP contribution in [-0.4, -0.2) is 16.5 Å². The molecule has 3 heteroatoms. The Morgan fingerprint density at radius 3 is 2.10 bits per heavy atom. The van der Waals surface area contributed by atoms with Crippen molar-refractivity contribution in [1.29, 1.82) is 10.8 Å². The molecule has 0 amide bonds. The van der Waals surface area contributed by atoms with Gasteiger partial charge >= 0.3 is 0 Å². The zero-order chi connectivity index (χ0) is 20.2. The summed E-state index contributed by atoms with van der Waals surface area (Å²) in [6, 6.07) is 28.6. The molecule has 0 aliphatic rings. The third kappa shape index (κ3) is 3.85. The van der Waals surface area contributed by atoms with Gasteiger partial charge in [0.05, 0.1) is 11.4 Å². The van der Waals surface area contributed by atoms with Crippen molar-refractivity contribution in [3.05, 3.63) is 114 Å². The number of nitrogens with one attached hydrogen (secondary N) is 2. The molecule has 140 valence electrons. The second-order valence-corrected chi connectivity index (χ2v) is 6.79. The predicted molar refractivity (Wildman–Crippen MR) is 120 cm³/mol. The van der Waals surface area contributed by atoms with E-state index >= 15 is 0 Å². The van der Waals surface area contributed by atoms with Crippen LogP contribution in [-0.2, 0) is 0 Å². The molecule has 0 fully saturated rings. The van der Waals surface area contributed by atoms with Gasteiger partial charge < -0.3 is 15.9 Å². The molecule has 3 nitrogen and oxygen atoms in total. The molecule has 0 radical (unpaired) electrons. The Bertz CT molecular complexity index is 1240. The van der Waals surface area contributed by atoms with Crippen molar-refractivity contribution in [3.8, 4) is 16.9 Å². The van der Waals surface area contributed by atoms with E-state index in [0.717, 1.165) is 33.0 Å². The highest BCUT2D eigenvalue weighted by molar-refractivity contribution is 6.14. The number of phenolic OH excluding ortho intramolecular Hbond substituents is 1. The highest BCUT2D eigenvalue weighted by atomic mass is 16.3. The molecule has 0 heterocycles. The maximum Gasteiger partial charge on any atom is 0.124 e. The topological polar surface area (TPSA) is 67.9 Å². The molecule has 29 heavy (non-hydrogen) atoms. The van der Waals surface area contributed by atoms with Gasteiger partial charge in [0.1, 0.15) is 5.75 Å². The highest BCUT2D eigenvalue weighted by Crippen LogP contribution is 2.36. The van der Waals surface area contributed by atoms with Crippen molar-refractivity contribution in [2.45, 2.75) is 0 Å². The molecule has 0 aliphatic carbocycles. The van der Waals surface area contributed by atoms with Gasteiger partial charge in [-0.1, -0.05) is 78.9 Å². The lowest BCUT2D eigenvalue weighted by molar-refractivity contribution is 0.478. The van der Waals surface area contributed by atoms with Gasteiger partial charge in [-0.15, -0.1) is 0 Å². The van der Waals surface area contributed by atoms with Crippen molar-refractivity contribution in [1.82, 2.24) is 0 Å². The minimum atomic E-state index is 0.216. The van der Waals surface area contributed by atoms with E-state index in [-0.39, 0.29) is 5.75 Å². The molecular formula is C26H20N2O. The summed E-state index contributed by atoms with van der Waals surface area (Å²) < 4.78 is 0. The van der Waals surface area contributed by atoms with Crippen LogP contribution in [0.4, 0.5) is 0 Å². The number of allylic oxidation sites excluding steroid dienone is 2. The molecule has 0 spiro atoms. The summed E-state index contributed by atoms with van der Waals surface area (Å²) in [5.74, 6) is 0.216. The summed E-state index contributed by atoms with van der Waals surface area (Å²) >= 11 is 0. The molecule has 4 rings (SSSR count). The van der Waals surface area contributed by atoms with Gasteiger partial charge in [-0.05, 0) is 51.7 Å². The normalized spacial score (nSPS) is 11.0. The Balaban J connectivity index is 1.66. The van der Waals surface area contributed by atoms with Crippen LogP contribution >= 0.6 is 0 Å². The Morgan fingerprint density at radius 2 is 1.31 bits per heavy atom. The van der Waals surface area contributed by atoms with Gasteiger partial charge in [-0.3, -0.25) is 0 Å². The predicted octanol–water partition coefficient (Wildman–Crippen LogP) is 6.20. The fraction of sp³-hybridized carbons (Fsp3) is 0. The molecule has 0 aliphatic heterocycles. The summed E-state index contributed by atoms with van der Waals surface area (Å²) in [7, 11) is 0. The number of rotatable bonds is 5. The van der Waals surface area contributed by atoms with E-state index in [1.165, 1.54) is 0 Å². The number of hydrogen-bond donors (Lipinski definition) is 3. The first-order chi connectivity index (χ1) is 14.1. The first kappa shape index (κ1) is 18.4. The van der Waals surface area contributed by atoms with Crippen LogP contribution in [0.5, 0.6) is 5.75 Å². The van der Waals surface area contributed by atoms with Gasteiger partial charge in [0.25, 0.3) is 0 Å². The second-order valence-electron chi connectivity index (χ2n) is 6.79. The largest absolute Gasteiger partial charge is 0.507 e. The van der Waals surface area contributed by atoms with Crippen molar-refractivity contribution in [3.63, 3.8) is 0 Å². The van der Waals surface area contributed by atoms with Crippen LogP contribution < -0.4 is 0 Å². The molecule has 0 saturated carbocycles. The van der Waals surface area contributed by atoms with Crippen LogP contribution in [0.1, 0.15) is 11.1 Å². The number of benzene rings is 4. The average Bonchev–Trinajstić information content (AvgIpc) is 2.77. The standard InChI is InChI=1S/C26H20N2O/c27-23(19-8-2-1-3-9-19)14-15-24(28)20-10-6-11-21(17-20)26-22-12-5-4-7-18(22)13-16-25(26)29/h1-17,27-29H/b15-14-,27-23?,28-24?. The second kappa shape index (κ2) is 7.95. The third-order valence-corrected chi connectivity index (χ3v) is 4.87. The lowest BCUT2D eigenvalue weighted by Crippen LogP contribution is -1.99. The fourth-order valence-corrected chi connectivity index (χ4v) is 3.38. The van der Waals surface area contributed by atoms with E-state index in [0.29, 0.717) is 11.4 Å². The minimum absolute atomic E-state index is 0.216. The zero-order valence-electron chi connectivity index (χ0n) is 15.8. The van der Waals surface area contributed by atoms with Gasteiger partial charge in [0.2, 0.25) is 0 Å². The van der Waals surface area contributed by atoms with Crippen molar-refractivity contribution < 1.29 is 5.11 Å². The Kier molecular flexibility index (Phi) is 5.04. The number of fused-ring (bicyclic) bond motifs is 1. The van der Waals surface area contributed by atoms with Crippen molar-refractivity contribution in [2.75, 3.05) is 0 Å². The van der Waals surface area contributed by atoms with Gasteiger partial charge in [0.15, 0.2) is 0 Å². The molecule has 4 aromatic rings. The molecule has 0 unspecified atom stereocenters. The summed E-state index contributed by atoms with van der Waals surface area (Å²) in [5, 5.41) is 29.1. The van der Waals surface area contributed by atoms with Gasteiger partial charge in [-0.25, -0.2) is 0 Å². The Morgan fingerprint density at radius 1 is 0.655 bits per heavy atom. The molecular weight excluding hydrogens is 356 g/mol. The van der Waals surface area contributed by atoms with Crippen molar-refractivity contribution >= 4 is 22.2 Å². The zero-order valence-corrected chi connectivity index (χ0v) is 15.8. The van der Waals surface area contributed by atoms with Crippen LogP contribution in [0.25, 0.3) is 21.9 Å². The van der Waals surface area contributed by atoms with E-state index in [9.17, 15) is 5.11 Å². The minimum Gasteiger partial charge on any atom is -0.507 e. The number of aromatic hydroxyl groups is 1. The SMILES string of the molecule is N=C(/C=C\C(=N)c1cccc(-c2c(O)ccc3ccccc23)c1)c1ccccc1. The van der Waals surface area contributed by atoms with Crippen LogP contribution in [0.2, 0.25) is 0 Å². The van der Waals surface area contributed by atoms with Crippen LogP contribution in [0, 0.1) is 10.8 Å². The molecule has 3 N–H and O–H groups in total. The number of phenols is 1. The first-order valence-electron chi connectivity index (χ1n) is 9.35. The monoisotopic (exact) mass is 376 g/mol. The van der Waals surface area contributed by atoms with Crippen LogP contribution in [0.15, 0.2) is 103 Å². The quantitative estimate of drug-likeness (QED) is 0.356. The summed E-state index contributed by atoms with van der Waals surface area (Å²) in [6.45, 7) is 0. The van der Waals surface area contributed by atoms with E-state index in [1.807, 2.05) is 84.9 Å². The molecule has 4 aromatic carbocycles. The summed E-state index contributed by atoms with van der Waals surface area (Å²) in [4.78, 5) is 0. The first-order valence-corrected chi connectivity index (χ1v) is 9.35. The summed E-state index contributed by atoms with van der Waals surface area (Å²) in [5.41, 5.74) is 3.83. The van der Waals surface area contributed by atoms with E-state index in [4.69, 9.17) is 10.8 Å². The molecule has 0 aromatic heterocycles. The lowest BCUT2D eigenvalue weighted by atomic mass is 9.95. The third-order valence-electron chi connectivity index (χ3n) is 4.87. The Hall–Kier alpha value is -3.98. The molecule has 0 atom stereocenters. The Labute approximate surface area is 169 Å². The molecule has 0 saturated heterocycles. The smallest absolute Gasteiger partial charge is 0.124 e. The van der Waals surface area contributed by atoms with Gasteiger partial charge in [-0.2, -0.15) is 0 Å². The van der Waals surface area contributed by atoms with E-state index < -0.39 is 0 Å². The maximum absolute atomic E-state index is 10.5. The van der Waals surface area contributed by atoms with Crippen LogP contribution in [0.3, 0.4) is 0 Å². The summed E-state index contributed by atoms with van der Waals surface area (Å²) in [6.07, 6.45) is 3.27. The highest BCUT2D eigenvalue weighted by Gasteiger charge is 2.10. The van der Waals surface area contributed by atoms with E-state index in [2.05, 4.69) is 0 Å². The molecule has 0 bridgehead atoms. The maximum atomic E-state index is 10.5.